The lowest BCUT2D eigenvalue weighted by Gasteiger charge is -2.29. The van der Waals surface area contributed by atoms with E-state index in [4.69, 9.17) is 4.74 Å². The number of rotatable bonds is 5. The normalized spacial score (nSPS) is 20.1. The van der Waals surface area contributed by atoms with E-state index in [9.17, 15) is 17.6 Å². The van der Waals surface area contributed by atoms with Crippen LogP contribution in [-0.4, -0.2) is 57.5 Å². The Hall–Kier alpha value is -2.49. The van der Waals surface area contributed by atoms with Gasteiger partial charge in [-0.25, -0.2) is 12.8 Å². The maximum atomic E-state index is 14.6. The van der Waals surface area contributed by atoms with Crippen LogP contribution in [0.15, 0.2) is 47.4 Å². The highest BCUT2D eigenvalue weighted by atomic mass is 32.2. The van der Waals surface area contributed by atoms with Crippen LogP contribution in [-0.2, 0) is 19.6 Å². The molecule has 0 aliphatic carbocycles. The summed E-state index contributed by atoms with van der Waals surface area (Å²) in [6, 6.07) is 10.3. The van der Waals surface area contributed by atoms with Crippen molar-refractivity contribution < 1.29 is 22.3 Å². The first-order chi connectivity index (χ1) is 14.9. The largest absolute Gasteiger partial charge is 0.378 e. The molecule has 2 fully saturated rings. The van der Waals surface area contributed by atoms with E-state index in [1.54, 1.807) is 36.4 Å². The van der Waals surface area contributed by atoms with Crippen molar-refractivity contribution in [3.8, 4) is 0 Å². The molecule has 1 atom stereocenters. The molecule has 0 radical (unpaired) electrons. The van der Waals surface area contributed by atoms with Crippen molar-refractivity contribution in [3.63, 3.8) is 0 Å². The molecule has 0 unspecified atom stereocenters. The number of ether oxygens (including phenoxy) is 1. The molecule has 31 heavy (non-hydrogen) atoms. The molecule has 1 N–H and O–H groups in total. The van der Waals surface area contributed by atoms with Crippen molar-refractivity contribution in [1.29, 1.82) is 0 Å². The van der Waals surface area contributed by atoms with Gasteiger partial charge in [0.1, 0.15) is 11.9 Å². The predicted molar refractivity (Wildman–Crippen MR) is 116 cm³/mol. The molecule has 7 nitrogen and oxygen atoms in total. The molecule has 166 valence electrons. The summed E-state index contributed by atoms with van der Waals surface area (Å²) >= 11 is 0. The smallest absolute Gasteiger partial charge is 0.243 e. The number of carbonyl (C=O) groups excluding carboxylic acids is 1. The van der Waals surface area contributed by atoms with Crippen molar-refractivity contribution in [3.05, 3.63) is 53.8 Å². The third-order valence-electron chi connectivity index (χ3n) is 5.70. The van der Waals surface area contributed by atoms with E-state index in [1.165, 1.54) is 10.4 Å². The van der Waals surface area contributed by atoms with Gasteiger partial charge in [0, 0.05) is 25.3 Å². The van der Waals surface area contributed by atoms with Crippen LogP contribution in [0.25, 0.3) is 0 Å². The zero-order chi connectivity index (χ0) is 22.0. The Morgan fingerprint density at radius 1 is 1.10 bits per heavy atom. The van der Waals surface area contributed by atoms with E-state index in [2.05, 4.69) is 5.32 Å². The Bertz CT molecular complexity index is 1050. The van der Waals surface area contributed by atoms with Crippen LogP contribution in [0.1, 0.15) is 18.4 Å². The van der Waals surface area contributed by atoms with Crippen LogP contribution < -0.4 is 10.2 Å². The molecule has 0 spiro atoms. The molecular formula is C22H26FN3O4S. The lowest BCUT2D eigenvalue weighted by atomic mass is 10.2. The number of amides is 1. The summed E-state index contributed by atoms with van der Waals surface area (Å²) in [4.78, 5) is 15.0. The van der Waals surface area contributed by atoms with Gasteiger partial charge in [-0.15, -0.1) is 0 Å². The number of hydrogen-bond donors (Lipinski definition) is 1. The van der Waals surface area contributed by atoms with Crippen molar-refractivity contribution in [2.45, 2.75) is 30.7 Å². The second-order valence-corrected chi connectivity index (χ2v) is 9.73. The summed E-state index contributed by atoms with van der Waals surface area (Å²) in [6.45, 7) is 4.47. The fourth-order valence-electron chi connectivity index (χ4n) is 4.01. The molecular weight excluding hydrogens is 421 g/mol. The Balaban J connectivity index is 1.48. The van der Waals surface area contributed by atoms with E-state index < -0.39 is 27.8 Å². The number of hydrogen-bond acceptors (Lipinski definition) is 5. The van der Waals surface area contributed by atoms with Crippen molar-refractivity contribution in [2.24, 2.45) is 0 Å². The highest BCUT2D eigenvalue weighted by molar-refractivity contribution is 7.89. The summed E-state index contributed by atoms with van der Waals surface area (Å²) < 4.78 is 47.3. The molecule has 2 aromatic rings. The molecule has 1 amide bonds. The number of nitrogens with one attached hydrogen (secondary N) is 1. The van der Waals surface area contributed by atoms with Crippen LogP contribution >= 0.6 is 0 Å². The summed E-state index contributed by atoms with van der Waals surface area (Å²) in [6.07, 6.45) is 1.01. The number of anilines is 2. The van der Waals surface area contributed by atoms with Crippen LogP contribution in [0.3, 0.4) is 0 Å². The Kier molecular flexibility index (Phi) is 6.27. The van der Waals surface area contributed by atoms with E-state index in [-0.39, 0.29) is 11.4 Å². The minimum atomic E-state index is -3.79. The molecule has 2 heterocycles. The second kappa shape index (κ2) is 8.94. The van der Waals surface area contributed by atoms with Gasteiger partial charge < -0.3 is 15.0 Å². The number of morpholine rings is 1. The van der Waals surface area contributed by atoms with Crippen LogP contribution in [0.2, 0.25) is 0 Å². The number of benzene rings is 2. The van der Waals surface area contributed by atoms with Gasteiger partial charge in [-0.05, 0) is 50.1 Å². The standard InChI is InChI=1S/C22H26FN3O4S/c1-16-4-7-18(8-5-16)31(28,29)26-10-2-3-21(26)22(27)24-17-6-9-20(19(23)15-17)25-11-13-30-14-12-25/h4-9,15,21H,2-3,10-14H2,1H3,(H,24,27)/t21-/m0/s1. The minimum absolute atomic E-state index is 0.165. The second-order valence-electron chi connectivity index (χ2n) is 7.84. The number of aryl methyl sites for hydroxylation is 1. The van der Waals surface area contributed by atoms with E-state index in [1.807, 2.05) is 11.8 Å². The average Bonchev–Trinajstić information content (AvgIpc) is 3.26. The van der Waals surface area contributed by atoms with Gasteiger partial charge in [-0.3, -0.25) is 4.79 Å². The first-order valence-corrected chi connectivity index (χ1v) is 11.8. The molecule has 9 heteroatoms. The summed E-state index contributed by atoms with van der Waals surface area (Å²) in [5, 5.41) is 2.69. The minimum Gasteiger partial charge on any atom is -0.378 e. The molecule has 0 saturated carbocycles. The molecule has 0 aromatic heterocycles. The molecule has 2 aliphatic rings. The zero-order valence-electron chi connectivity index (χ0n) is 17.4. The van der Waals surface area contributed by atoms with Gasteiger partial charge in [0.15, 0.2) is 0 Å². The quantitative estimate of drug-likeness (QED) is 0.763. The van der Waals surface area contributed by atoms with E-state index >= 15 is 0 Å². The van der Waals surface area contributed by atoms with Gasteiger partial charge in [0.05, 0.1) is 23.8 Å². The van der Waals surface area contributed by atoms with Gasteiger partial charge in [0.2, 0.25) is 15.9 Å². The lowest BCUT2D eigenvalue weighted by molar-refractivity contribution is -0.119. The van der Waals surface area contributed by atoms with Crippen molar-refractivity contribution in [2.75, 3.05) is 43.1 Å². The SMILES string of the molecule is Cc1ccc(S(=O)(=O)N2CCC[C@H]2C(=O)Nc2ccc(N3CCOCC3)c(F)c2)cc1. The van der Waals surface area contributed by atoms with Crippen LogP contribution in [0.5, 0.6) is 0 Å². The molecule has 0 bridgehead atoms. The monoisotopic (exact) mass is 447 g/mol. The molecule has 4 rings (SSSR count). The number of nitrogens with zero attached hydrogens (tertiary/aromatic N) is 2. The number of halogens is 1. The van der Waals surface area contributed by atoms with Crippen LogP contribution in [0.4, 0.5) is 15.8 Å². The highest BCUT2D eigenvalue weighted by Crippen LogP contribution is 2.28. The molecule has 2 aromatic carbocycles. The lowest BCUT2D eigenvalue weighted by Crippen LogP contribution is -2.43. The summed E-state index contributed by atoms with van der Waals surface area (Å²) in [5.41, 5.74) is 1.72. The first-order valence-electron chi connectivity index (χ1n) is 10.4. The van der Waals surface area contributed by atoms with Crippen molar-refractivity contribution >= 4 is 27.3 Å². The third kappa shape index (κ3) is 4.58. The average molecular weight is 448 g/mol. The topological polar surface area (TPSA) is 79.0 Å². The number of carbonyl (C=O) groups is 1. The first kappa shape index (κ1) is 21.7. The maximum absolute atomic E-state index is 14.6. The van der Waals surface area contributed by atoms with E-state index in [0.717, 1.165) is 5.56 Å². The van der Waals surface area contributed by atoms with Crippen LogP contribution in [0, 0.1) is 12.7 Å². The molecule has 2 aliphatic heterocycles. The fraction of sp³-hybridized carbons (Fsp3) is 0.409. The Labute approximate surface area is 181 Å². The summed E-state index contributed by atoms with van der Waals surface area (Å²) in [7, 11) is -3.79. The summed E-state index contributed by atoms with van der Waals surface area (Å²) in [5.74, 6) is -0.887. The van der Waals surface area contributed by atoms with Gasteiger partial charge >= 0.3 is 0 Å². The van der Waals surface area contributed by atoms with E-state index in [0.29, 0.717) is 50.5 Å². The maximum Gasteiger partial charge on any atom is 0.243 e. The van der Waals surface area contributed by atoms with Gasteiger partial charge in [-0.2, -0.15) is 4.31 Å². The highest BCUT2D eigenvalue weighted by Gasteiger charge is 2.39. The van der Waals surface area contributed by atoms with Crippen molar-refractivity contribution in [1.82, 2.24) is 4.31 Å². The zero-order valence-corrected chi connectivity index (χ0v) is 18.2. The van der Waals surface area contributed by atoms with Gasteiger partial charge in [-0.1, -0.05) is 17.7 Å². The Morgan fingerprint density at radius 2 is 1.81 bits per heavy atom. The number of sulfonamides is 1. The predicted octanol–water partition coefficient (Wildman–Crippen LogP) is 2.76. The third-order valence-corrected chi connectivity index (χ3v) is 7.62. The molecule has 2 saturated heterocycles. The fourth-order valence-corrected chi connectivity index (χ4v) is 5.66. The Morgan fingerprint density at radius 3 is 2.48 bits per heavy atom. The van der Waals surface area contributed by atoms with Gasteiger partial charge in [0.25, 0.3) is 0 Å².